The number of carbonyl (C=O) groups is 1. The van der Waals surface area contributed by atoms with E-state index >= 15 is 0 Å². The second-order valence-corrected chi connectivity index (χ2v) is 8.05. The number of halogens is 1. The maximum Gasteiger partial charge on any atom is 0.343 e. The maximum atomic E-state index is 12.8. The first-order valence-electron chi connectivity index (χ1n) is 11.0. The van der Waals surface area contributed by atoms with E-state index in [4.69, 9.17) is 30.2 Å². The van der Waals surface area contributed by atoms with Gasteiger partial charge in [-0.2, -0.15) is 0 Å². The number of carbonyl (C=O) groups excluding carboxylic acids is 1. The third kappa shape index (κ3) is 5.77. The molecule has 3 aromatic carbocycles. The van der Waals surface area contributed by atoms with Gasteiger partial charge in [0, 0.05) is 11.1 Å². The minimum absolute atomic E-state index is 0.0385. The molecule has 0 unspecified atom stereocenters. The molecule has 1 heterocycles. The summed E-state index contributed by atoms with van der Waals surface area (Å²) >= 11 is 5.87. The first kappa shape index (κ1) is 23.4. The van der Waals surface area contributed by atoms with Crippen LogP contribution < -0.4 is 19.6 Å². The van der Waals surface area contributed by atoms with Crippen LogP contribution in [0.15, 0.2) is 82.2 Å². The summed E-state index contributed by atoms with van der Waals surface area (Å²) in [6.45, 7) is 2.78. The fraction of sp³-hybridized carbons (Fsp3) is 0.185. The Balaban J connectivity index is 1.44. The quantitative estimate of drug-likeness (QED) is 0.146. The lowest BCUT2D eigenvalue weighted by molar-refractivity contribution is 0.0735. The van der Waals surface area contributed by atoms with Crippen LogP contribution >= 0.6 is 11.6 Å². The third-order valence-electron chi connectivity index (χ3n) is 5.07. The number of fused-ring (bicyclic) bond motifs is 1. The molecule has 0 radical (unpaired) electrons. The minimum atomic E-state index is -0.526. The van der Waals surface area contributed by atoms with Gasteiger partial charge in [0.15, 0.2) is 0 Å². The van der Waals surface area contributed by atoms with E-state index in [0.717, 1.165) is 19.3 Å². The number of benzene rings is 3. The van der Waals surface area contributed by atoms with Crippen LogP contribution in [-0.2, 0) is 0 Å². The molecule has 7 heteroatoms. The van der Waals surface area contributed by atoms with Gasteiger partial charge in [-0.1, -0.05) is 31.4 Å². The molecule has 0 spiro atoms. The van der Waals surface area contributed by atoms with Crippen molar-refractivity contribution in [2.24, 2.45) is 0 Å². The molecule has 0 aliphatic heterocycles. The van der Waals surface area contributed by atoms with Crippen molar-refractivity contribution in [2.75, 3.05) is 6.61 Å². The molecule has 0 saturated carbocycles. The average Bonchev–Trinajstić information content (AvgIpc) is 2.85. The fourth-order valence-electron chi connectivity index (χ4n) is 3.25. The van der Waals surface area contributed by atoms with Gasteiger partial charge in [-0.25, -0.2) is 4.79 Å². The predicted molar refractivity (Wildman–Crippen MR) is 130 cm³/mol. The molecule has 4 rings (SSSR count). The number of ether oxygens (including phenoxy) is 3. The first-order chi connectivity index (χ1) is 16.5. The van der Waals surface area contributed by atoms with Crippen molar-refractivity contribution in [1.82, 2.24) is 0 Å². The highest BCUT2D eigenvalue weighted by Crippen LogP contribution is 2.25. The Morgan fingerprint density at radius 3 is 2.35 bits per heavy atom. The van der Waals surface area contributed by atoms with Crippen LogP contribution in [0.1, 0.15) is 36.5 Å². The maximum absolute atomic E-state index is 12.8. The standard InChI is InChI=1S/C27H23ClO6/c1-2-3-4-15-31-20-9-5-18(6-10-20)27(30)34-22-13-14-23-24(16-22)32-17-25(26(23)29)33-21-11-7-19(28)8-12-21/h5-14,16-17H,2-4,15H2,1H3. The number of rotatable bonds is 9. The summed E-state index contributed by atoms with van der Waals surface area (Å²) in [4.78, 5) is 25.3. The number of unbranched alkanes of at least 4 members (excludes halogenated alkanes) is 2. The summed E-state index contributed by atoms with van der Waals surface area (Å²) in [6, 6.07) is 18.0. The Morgan fingerprint density at radius 1 is 0.912 bits per heavy atom. The van der Waals surface area contributed by atoms with Crippen molar-refractivity contribution >= 4 is 28.5 Å². The Morgan fingerprint density at radius 2 is 1.62 bits per heavy atom. The van der Waals surface area contributed by atoms with Crippen molar-refractivity contribution in [2.45, 2.75) is 26.2 Å². The highest BCUT2D eigenvalue weighted by molar-refractivity contribution is 6.30. The Labute approximate surface area is 201 Å². The van der Waals surface area contributed by atoms with E-state index in [1.54, 1.807) is 48.5 Å². The van der Waals surface area contributed by atoms with Gasteiger partial charge in [-0.15, -0.1) is 0 Å². The van der Waals surface area contributed by atoms with E-state index in [-0.39, 0.29) is 22.5 Å². The molecule has 0 fully saturated rings. The lowest BCUT2D eigenvalue weighted by Crippen LogP contribution is -2.09. The third-order valence-corrected chi connectivity index (χ3v) is 5.33. The summed E-state index contributed by atoms with van der Waals surface area (Å²) < 4.78 is 22.3. The van der Waals surface area contributed by atoms with E-state index < -0.39 is 5.97 Å². The van der Waals surface area contributed by atoms with Crippen LogP contribution in [0.4, 0.5) is 0 Å². The summed E-state index contributed by atoms with van der Waals surface area (Å²) in [5.74, 6) is 0.932. The van der Waals surface area contributed by atoms with Crippen LogP contribution in [0.5, 0.6) is 23.0 Å². The number of hydrogen-bond acceptors (Lipinski definition) is 6. The van der Waals surface area contributed by atoms with Gasteiger partial charge in [-0.3, -0.25) is 4.79 Å². The molecule has 0 aliphatic rings. The van der Waals surface area contributed by atoms with Gasteiger partial charge in [-0.05, 0) is 67.1 Å². The molecule has 0 atom stereocenters. The molecule has 174 valence electrons. The average molecular weight is 479 g/mol. The molecule has 4 aromatic rings. The van der Waals surface area contributed by atoms with Gasteiger partial charge in [0.05, 0.1) is 17.6 Å². The molecule has 6 nitrogen and oxygen atoms in total. The summed E-state index contributed by atoms with van der Waals surface area (Å²) in [7, 11) is 0. The highest BCUT2D eigenvalue weighted by Gasteiger charge is 2.13. The molecular formula is C27H23ClO6. The fourth-order valence-corrected chi connectivity index (χ4v) is 3.38. The van der Waals surface area contributed by atoms with Gasteiger partial charge in [0.2, 0.25) is 11.2 Å². The largest absolute Gasteiger partial charge is 0.494 e. The van der Waals surface area contributed by atoms with Crippen molar-refractivity contribution in [3.8, 4) is 23.0 Å². The minimum Gasteiger partial charge on any atom is -0.494 e. The molecule has 0 bridgehead atoms. The van der Waals surface area contributed by atoms with Crippen molar-refractivity contribution < 1.29 is 23.4 Å². The second-order valence-electron chi connectivity index (χ2n) is 7.61. The molecular weight excluding hydrogens is 456 g/mol. The summed E-state index contributed by atoms with van der Waals surface area (Å²) in [5, 5.41) is 0.863. The van der Waals surface area contributed by atoms with Crippen LogP contribution in [0.2, 0.25) is 5.02 Å². The molecule has 1 aromatic heterocycles. The van der Waals surface area contributed by atoms with E-state index in [9.17, 15) is 9.59 Å². The second kappa shape index (κ2) is 10.9. The lowest BCUT2D eigenvalue weighted by atomic mass is 10.2. The predicted octanol–water partition coefficient (Wildman–Crippen LogP) is 7.03. The monoisotopic (exact) mass is 478 g/mol. The van der Waals surface area contributed by atoms with Gasteiger partial charge in [0.25, 0.3) is 0 Å². The molecule has 0 amide bonds. The topological polar surface area (TPSA) is 75.0 Å². The van der Waals surface area contributed by atoms with Gasteiger partial charge >= 0.3 is 5.97 Å². The van der Waals surface area contributed by atoms with E-state index in [1.807, 2.05) is 0 Å². The van der Waals surface area contributed by atoms with Crippen molar-refractivity contribution in [1.29, 1.82) is 0 Å². The van der Waals surface area contributed by atoms with E-state index in [2.05, 4.69) is 6.92 Å². The van der Waals surface area contributed by atoms with Gasteiger partial charge in [0.1, 0.15) is 29.1 Å². The Bertz CT molecular complexity index is 1330. The zero-order valence-electron chi connectivity index (χ0n) is 18.6. The normalized spacial score (nSPS) is 10.8. The molecule has 0 saturated heterocycles. The van der Waals surface area contributed by atoms with Crippen LogP contribution in [0, 0.1) is 0 Å². The number of esters is 1. The molecule has 0 aliphatic carbocycles. The van der Waals surface area contributed by atoms with E-state index in [1.165, 1.54) is 24.5 Å². The molecule has 0 N–H and O–H groups in total. The zero-order valence-corrected chi connectivity index (χ0v) is 19.3. The summed E-state index contributed by atoms with van der Waals surface area (Å²) in [5.41, 5.74) is 0.312. The lowest BCUT2D eigenvalue weighted by Gasteiger charge is -2.08. The van der Waals surface area contributed by atoms with Crippen molar-refractivity contribution in [3.05, 3.63) is 93.8 Å². The molecule has 34 heavy (non-hydrogen) atoms. The number of hydrogen-bond donors (Lipinski definition) is 0. The van der Waals surface area contributed by atoms with Crippen LogP contribution in [-0.4, -0.2) is 12.6 Å². The Kier molecular flexibility index (Phi) is 7.50. The Hall–Kier alpha value is -3.77. The first-order valence-corrected chi connectivity index (χ1v) is 11.4. The SMILES string of the molecule is CCCCCOc1ccc(C(=O)Oc2ccc3c(=O)c(Oc4ccc(Cl)cc4)coc3c2)cc1. The van der Waals surface area contributed by atoms with Gasteiger partial charge < -0.3 is 18.6 Å². The van der Waals surface area contributed by atoms with E-state index in [0.29, 0.717) is 34.1 Å². The summed E-state index contributed by atoms with van der Waals surface area (Å²) in [6.07, 6.45) is 4.47. The van der Waals surface area contributed by atoms with Crippen LogP contribution in [0.3, 0.4) is 0 Å². The zero-order chi connectivity index (χ0) is 23.9. The van der Waals surface area contributed by atoms with Crippen molar-refractivity contribution in [3.63, 3.8) is 0 Å². The smallest absolute Gasteiger partial charge is 0.343 e. The highest BCUT2D eigenvalue weighted by atomic mass is 35.5. The van der Waals surface area contributed by atoms with Crippen LogP contribution in [0.25, 0.3) is 11.0 Å².